The first-order chi connectivity index (χ1) is 10.7. The molecule has 2 saturated carbocycles. The average Bonchev–Trinajstić information content (AvgIpc) is 2.72. The van der Waals surface area contributed by atoms with Crippen LogP contribution in [0.2, 0.25) is 0 Å². The maximum atomic E-state index is 12.2. The summed E-state index contributed by atoms with van der Waals surface area (Å²) >= 11 is 0. The maximum Gasteiger partial charge on any atom is 0.479 e. The fourth-order valence-corrected chi connectivity index (χ4v) is 8.00. The van der Waals surface area contributed by atoms with Crippen LogP contribution >= 0.6 is 15.4 Å². The van der Waals surface area contributed by atoms with E-state index < -0.39 is 37.6 Å². The molecule has 5 atom stereocenters. The molecule has 0 heterocycles. The molecule has 0 radical (unpaired) electrons. The van der Waals surface area contributed by atoms with Gasteiger partial charge in [-0.2, -0.15) is 0 Å². The van der Waals surface area contributed by atoms with Crippen molar-refractivity contribution in [2.75, 3.05) is 24.8 Å². The molecule has 2 fully saturated rings. The third kappa shape index (κ3) is 5.13. The van der Waals surface area contributed by atoms with Crippen LogP contribution in [0.1, 0.15) is 33.1 Å². The summed E-state index contributed by atoms with van der Waals surface area (Å²) in [7, 11) is -12.4. The van der Waals surface area contributed by atoms with Crippen molar-refractivity contribution in [1.29, 1.82) is 0 Å². The second-order valence-electron chi connectivity index (χ2n) is 7.50. The molecule has 0 saturated heterocycles. The highest BCUT2D eigenvalue weighted by atomic mass is 32.2. The van der Waals surface area contributed by atoms with Crippen LogP contribution in [0.5, 0.6) is 0 Å². The standard InChI is InChI=1S/C13H26O8P2S/c1-13(2)11-4-5-12(13)10(8-11)9-24(18,19)7-6-20-23(16,17)21-22(3,14)15/h10-12H,4-9H2,1-3H3,(H,14,15)(H,16,17). The van der Waals surface area contributed by atoms with Crippen LogP contribution in [0.3, 0.4) is 0 Å². The number of hydrogen-bond donors (Lipinski definition) is 2. The largest absolute Gasteiger partial charge is 0.479 e. The molecule has 142 valence electrons. The Bertz CT molecular complexity index is 667. The molecule has 8 nitrogen and oxygen atoms in total. The lowest BCUT2D eigenvalue weighted by molar-refractivity contribution is 0.206. The van der Waals surface area contributed by atoms with Crippen LogP contribution in [0.15, 0.2) is 0 Å². The van der Waals surface area contributed by atoms with Crippen LogP contribution in [0.4, 0.5) is 0 Å². The van der Waals surface area contributed by atoms with Crippen LogP contribution in [0, 0.1) is 23.2 Å². The molecule has 24 heavy (non-hydrogen) atoms. The van der Waals surface area contributed by atoms with Crippen molar-refractivity contribution >= 4 is 25.3 Å². The molecule has 0 aliphatic heterocycles. The highest BCUT2D eigenvalue weighted by Crippen LogP contribution is 2.60. The van der Waals surface area contributed by atoms with E-state index in [1.165, 1.54) is 0 Å². The molecule has 11 heteroatoms. The summed E-state index contributed by atoms with van der Waals surface area (Å²) in [6.07, 6.45) is 3.11. The first kappa shape index (κ1) is 20.6. The summed E-state index contributed by atoms with van der Waals surface area (Å²) < 4.78 is 55.4. The van der Waals surface area contributed by atoms with Crippen molar-refractivity contribution in [2.45, 2.75) is 33.1 Å². The fourth-order valence-electron chi connectivity index (χ4n) is 4.31. The Labute approximate surface area is 143 Å². The highest BCUT2D eigenvalue weighted by Gasteiger charge is 2.53. The van der Waals surface area contributed by atoms with Crippen molar-refractivity contribution < 1.29 is 36.2 Å². The smallest absolute Gasteiger partial charge is 0.324 e. The maximum absolute atomic E-state index is 12.2. The van der Waals surface area contributed by atoms with Gasteiger partial charge in [0.1, 0.15) is 0 Å². The third-order valence-corrected chi connectivity index (χ3v) is 9.63. The second-order valence-corrected chi connectivity index (χ2v) is 13.2. The Kier molecular flexibility index (Phi) is 5.80. The number of rotatable bonds is 8. The predicted octanol–water partition coefficient (Wildman–Crippen LogP) is 2.42. The molecular formula is C13H26O8P2S. The van der Waals surface area contributed by atoms with Gasteiger partial charge in [-0.25, -0.2) is 17.3 Å². The SMILES string of the molecule is CC1(C)C2CCC1C(CS(=O)(=O)CCOP(=O)(O)OP(C)(=O)O)C2. The molecule has 2 aliphatic rings. The van der Waals surface area contributed by atoms with Crippen LogP contribution in [0.25, 0.3) is 0 Å². The summed E-state index contributed by atoms with van der Waals surface area (Å²) in [5, 5.41) is 0. The van der Waals surface area contributed by atoms with E-state index >= 15 is 0 Å². The minimum atomic E-state index is -4.75. The molecule has 0 amide bonds. The first-order valence-electron chi connectivity index (χ1n) is 7.91. The van der Waals surface area contributed by atoms with Crippen LogP contribution in [-0.2, 0) is 27.8 Å². The van der Waals surface area contributed by atoms with Gasteiger partial charge in [0.05, 0.1) is 18.1 Å². The van der Waals surface area contributed by atoms with Gasteiger partial charge in [0, 0.05) is 6.66 Å². The Balaban J connectivity index is 1.85. The van der Waals surface area contributed by atoms with Crippen molar-refractivity contribution in [3.8, 4) is 0 Å². The zero-order chi connectivity index (χ0) is 18.4. The molecule has 0 spiro atoms. The number of fused-ring (bicyclic) bond motifs is 2. The van der Waals surface area contributed by atoms with E-state index in [0.29, 0.717) is 11.8 Å². The lowest BCUT2D eigenvalue weighted by atomic mass is 9.80. The first-order valence-corrected chi connectivity index (χ1v) is 13.3. The molecule has 2 aliphatic carbocycles. The summed E-state index contributed by atoms with van der Waals surface area (Å²) in [5.41, 5.74) is 0.175. The normalized spacial score (nSPS) is 34.0. The Morgan fingerprint density at radius 2 is 1.83 bits per heavy atom. The molecule has 0 aromatic heterocycles. The van der Waals surface area contributed by atoms with Gasteiger partial charge in [-0.15, -0.1) is 0 Å². The third-order valence-electron chi connectivity index (χ3n) is 5.36. The monoisotopic (exact) mass is 404 g/mol. The number of phosphoric acid groups is 1. The molecule has 0 aromatic carbocycles. The minimum absolute atomic E-state index is 0.0455. The molecular weight excluding hydrogens is 378 g/mol. The Morgan fingerprint density at radius 1 is 1.21 bits per heavy atom. The predicted molar refractivity (Wildman–Crippen MR) is 89.4 cm³/mol. The van der Waals surface area contributed by atoms with E-state index in [4.69, 9.17) is 4.89 Å². The Hall–Kier alpha value is 0.250. The minimum Gasteiger partial charge on any atom is -0.324 e. The van der Waals surface area contributed by atoms with Gasteiger partial charge in [0.15, 0.2) is 9.84 Å². The zero-order valence-corrected chi connectivity index (χ0v) is 16.7. The van der Waals surface area contributed by atoms with Gasteiger partial charge >= 0.3 is 15.4 Å². The zero-order valence-electron chi connectivity index (χ0n) is 14.1. The van der Waals surface area contributed by atoms with Gasteiger partial charge in [-0.3, -0.25) is 9.09 Å². The van der Waals surface area contributed by atoms with Gasteiger partial charge in [-0.1, -0.05) is 13.8 Å². The van der Waals surface area contributed by atoms with Gasteiger partial charge < -0.3 is 9.79 Å². The average molecular weight is 404 g/mol. The van der Waals surface area contributed by atoms with Gasteiger partial charge in [-0.05, 0) is 42.4 Å². The topological polar surface area (TPSA) is 127 Å². The summed E-state index contributed by atoms with van der Waals surface area (Å²) in [6, 6.07) is 0. The van der Waals surface area contributed by atoms with E-state index in [0.717, 1.165) is 25.9 Å². The lowest BCUT2D eigenvalue weighted by Gasteiger charge is -2.26. The van der Waals surface area contributed by atoms with Gasteiger partial charge in [0.2, 0.25) is 0 Å². The van der Waals surface area contributed by atoms with E-state index in [1.54, 1.807) is 0 Å². The highest BCUT2D eigenvalue weighted by molar-refractivity contribution is 7.91. The molecule has 0 aromatic rings. The van der Waals surface area contributed by atoms with Crippen LogP contribution in [-0.4, -0.2) is 43.0 Å². The van der Waals surface area contributed by atoms with Crippen molar-refractivity contribution in [2.24, 2.45) is 23.2 Å². The van der Waals surface area contributed by atoms with E-state index in [2.05, 4.69) is 22.7 Å². The summed E-state index contributed by atoms with van der Waals surface area (Å²) in [5.74, 6) is 0.701. The summed E-state index contributed by atoms with van der Waals surface area (Å²) in [6.45, 7) is 4.58. The number of sulfone groups is 1. The molecule has 2 rings (SSSR count). The molecule has 5 unspecified atom stereocenters. The molecule has 2 bridgehead atoms. The van der Waals surface area contributed by atoms with E-state index in [9.17, 15) is 22.4 Å². The Morgan fingerprint density at radius 3 is 2.29 bits per heavy atom. The van der Waals surface area contributed by atoms with E-state index in [-0.39, 0.29) is 17.1 Å². The number of phosphoric ester groups is 1. The van der Waals surface area contributed by atoms with E-state index in [1.807, 2.05) is 0 Å². The van der Waals surface area contributed by atoms with Crippen molar-refractivity contribution in [3.63, 3.8) is 0 Å². The summed E-state index contributed by atoms with van der Waals surface area (Å²) in [4.78, 5) is 18.2. The lowest BCUT2D eigenvalue weighted by Crippen LogP contribution is -2.27. The van der Waals surface area contributed by atoms with Crippen LogP contribution < -0.4 is 0 Å². The molecule has 2 N–H and O–H groups in total. The van der Waals surface area contributed by atoms with Gasteiger partial charge in [0.25, 0.3) is 0 Å². The van der Waals surface area contributed by atoms with Crippen molar-refractivity contribution in [1.82, 2.24) is 0 Å². The quantitative estimate of drug-likeness (QED) is 0.591. The number of hydrogen-bond acceptors (Lipinski definition) is 6. The fraction of sp³-hybridized carbons (Fsp3) is 1.00. The second kappa shape index (κ2) is 6.76. The van der Waals surface area contributed by atoms with Crippen molar-refractivity contribution in [3.05, 3.63) is 0 Å².